The summed E-state index contributed by atoms with van der Waals surface area (Å²) in [5, 5.41) is 2.69. The van der Waals surface area contributed by atoms with Crippen molar-refractivity contribution in [2.75, 3.05) is 39.6 Å². The highest BCUT2D eigenvalue weighted by Crippen LogP contribution is 2.19. The molecule has 1 unspecified atom stereocenters. The van der Waals surface area contributed by atoms with Gasteiger partial charge in [-0.3, -0.25) is 29.0 Å². The monoisotopic (exact) mass is 656 g/mol. The molecule has 262 valence electrons. The summed E-state index contributed by atoms with van der Waals surface area (Å²) >= 11 is 0. The molecule has 0 saturated heterocycles. The molecular formula is C37H56N2O8. The summed E-state index contributed by atoms with van der Waals surface area (Å²) in [5.74, 6) is 0.317. The molecule has 2 rings (SSSR count). The number of aryl methyl sites for hydroxylation is 1. The number of nitrogens with zero attached hydrogens (tertiary/aromatic N) is 1. The van der Waals surface area contributed by atoms with Crippen LogP contribution in [0, 0.1) is 12.8 Å². The molecule has 0 bridgehead atoms. The zero-order valence-corrected chi connectivity index (χ0v) is 29.7. The van der Waals surface area contributed by atoms with Gasteiger partial charge in [0.25, 0.3) is 0 Å². The lowest BCUT2D eigenvalue weighted by Gasteiger charge is -2.32. The smallest absolute Gasteiger partial charge is 0.207 e. The van der Waals surface area contributed by atoms with E-state index in [9.17, 15) is 24.0 Å². The Morgan fingerprint density at radius 2 is 1.34 bits per heavy atom. The highest BCUT2D eigenvalue weighted by Gasteiger charge is 2.31. The fraction of sp³-hybridized carbons (Fsp3) is 0.568. The van der Waals surface area contributed by atoms with Crippen molar-refractivity contribution in [1.82, 2.24) is 10.3 Å². The molecule has 2 aromatic rings. The Labute approximate surface area is 281 Å². The number of ketones is 4. The summed E-state index contributed by atoms with van der Waals surface area (Å²) in [4.78, 5) is 61.1. The SMILES string of the molecule is CC.CCC(=O)CCOCC(COCCC(C)=O)(COCCC(=O)C(C)C)NC=O.CCC(=O)c1ccc(-c2ccc(C)nc2)cc1. The first-order valence-electron chi connectivity index (χ1n) is 16.5. The molecule has 0 spiro atoms. The average Bonchev–Trinajstić information content (AvgIpc) is 3.08. The van der Waals surface area contributed by atoms with E-state index >= 15 is 0 Å². The molecule has 1 amide bonds. The molecule has 0 saturated carbocycles. The Balaban J connectivity index is 0.000000940. The largest absolute Gasteiger partial charge is 0.378 e. The third kappa shape index (κ3) is 19.0. The van der Waals surface area contributed by atoms with Crippen molar-refractivity contribution < 1.29 is 38.2 Å². The third-order valence-corrected chi connectivity index (χ3v) is 6.93. The normalized spacial score (nSPS) is 11.7. The van der Waals surface area contributed by atoms with Gasteiger partial charge in [-0.1, -0.05) is 71.9 Å². The second-order valence-electron chi connectivity index (χ2n) is 11.2. The summed E-state index contributed by atoms with van der Waals surface area (Å²) < 4.78 is 16.7. The summed E-state index contributed by atoms with van der Waals surface area (Å²) in [7, 11) is 0. The molecule has 1 N–H and O–H groups in total. The number of carbonyl (C=O) groups is 5. The number of aromatic nitrogens is 1. The molecule has 1 heterocycles. The Morgan fingerprint density at radius 1 is 0.809 bits per heavy atom. The van der Waals surface area contributed by atoms with Gasteiger partial charge in [0.1, 0.15) is 22.9 Å². The van der Waals surface area contributed by atoms with Crippen LogP contribution in [0.2, 0.25) is 0 Å². The number of benzene rings is 1. The van der Waals surface area contributed by atoms with E-state index in [2.05, 4.69) is 10.3 Å². The predicted octanol–water partition coefficient (Wildman–Crippen LogP) is 6.16. The number of amides is 1. The molecule has 1 aromatic carbocycles. The number of nitrogens with one attached hydrogen (secondary N) is 1. The number of hydrogen-bond acceptors (Lipinski definition) is 9. The van der Waals surface area contributed by atoms with Crippen LogP contribution in [0.3, 0.4) is 0 Å². The van der Waals surface area contributed by atoms with Gasteiger partial charge in [-0.2, -0.15) is 0 Å². The van der Waals surface area contributed by atoms with E-state index in [1.54, 1.807) is 6.92 Å². The van der Waals surface area contributed by atoms with Crippen LogP contribution in [0.25, 0.3) is 11.1 Å². The van der Waals surface area contributed by atoms with Crippen molar-refractivity contribution in [3.05, 3.63) is 53.9 Å². The zero-order chi connectivity index (χ0) is 35.7. The number of hydrogen-bond donors (Lipinski definition) is 1. The lowest BCUT2D eigenvalue weighted by atomic mass is 10.0. The number of pyridine rings is 1. The summed E-state index contributed by atoms with van der Waals surface area (Å²) in [6.45, 7) is 15.7. The molecule has 10 heteroatoms. The van der Waals surface area contributed by atoms with Crippen LogP contribution in [-0.2, 0) is 33.4 Å². The lowest BCUT2D eigenvalue weighted by Crippen LogP contribution is -2.56. The number of ether oxygens (including phenoxy) is 3. The summed E-state index contributed by atoms with van der Waals surface area (Å²) in [5.41, 5.74) is 2.98. The van der Waals surface area contributed by atoms with Gasteiger partial charge in [-0.15, -0.1) is 0 Å². The molecular weight excluding hydrogens is 600 g/mol. The Hall–Kier alpha value is -3.60. The van der Waals surface area contributed by atoms with E-state index in [0.29, 0.717) is 25.7 Å². The van der Waals surface area contributed by atoms with Gasteiger partial charge in [-0.25, -0.2) is 0 Å². The van der Waals surface area contributed by atoms with E-state index in [0.717, 1.165) is 22.4 Å². The van der Waals surface area contributed by atoms with Crippen LogP contribution in [0.1, 0.15) is 96.6 Å². The van der Waals surface area contributed by atoms with Gasteiger partial charge in [0.05, 0.1) is 39.6 Å². The first-order valence-corrected chi connectivity index (χ1v) is 16.5. The van der Waals surface area contributed by atoms with Crippen LogP contribution in [0.5, 0.6) is 0 Å². The summed E-state index contributed by atoms with van der Waals surface area (Å²) in [6, 6.07) is 11.7. The van der Waals surface area contributed by atoms with E-state index < -0.39 is 5.54 Å². The van der Waals surface area contributed by atoms with Crippen molar-refractivity contribution >= 4 is 29.5 Å². The minimum atomic E-state index is -0.964. The highest BCUT2D eigenvalue weighted by atomic mass is 16.5. The first-order chi connectivity index (χ1) is 22.5. The van der Waals surface area contributed by atoms with Crippen LogP contribution < -0.4 is 5.32 Å². The van der Waals surface area contributed by atoms with E-state index in [-0.39, 0.29) is 81.5 Å². The minimum Gasteiger partial charge on any atom is -0.378 e. The quantitative estimate of drug-likeness (QED) is 0.0897. The van der Waals surface area contributed by atoms with Crippen molar-refractivity contribution in [1.29, 1.82) is 0 Å². The Morgan fingerprint density at radius 3 is 1.79 bits per heavy atom. The fourth-order valence-corrected chi connectivity index (χ4v) is 3.91. The molecule has 47 heavy (non-hydrogen) atoms. The average molecular weight is 657 g/mol. The minimum absolute atomic E-state index is 0.00622. The van der Waals surface area contributed by atoms with Crippen molar-refractivity contribution in [2.45, 2.75) is 93.0 Å². The third-order valence-electron chi connectivity index (χ3n) is 6.93. The first kappa shape index (κ1) is 43.4. The fourth-order valence-electron chi connectivity index (χ4n) is 3.91. The van der Waals surface area contributed by atoms with Crippen LogP contribution in [0.4, 0.5) is 0 Å². The molecule has 0 radical (unpaired) electrons. The Bertz CT molecular complexity index is 1200. The van der Waals surface area contributed by atoms with Crippen LogP contribution in [0.15, 0.2) is 42.6 Å². The van der Waals surface area contributed by atoms with Crippen LogP contribution in [-0.4, -0.2) is 79.7 Å². The van der Waals surface area contributed by atoms with Gasteiger partial charge < -0.3 is 19.5 Å². The standard InChI is InChI=1S/C20H35NO7.C15H15NO.C2H6/c1-5-18(24)7-10-27-13-20(21-15-22,12-26-9-6-17(4)23)14-28-11-8-19(25)16(2)3;1-3-15(17)13-8-6-12(7-9-13)14-5-4-11(2)16-10-14;1-2/h15-16H,5-14H2,1-4H3,(H,21,22);4-10H,3H2,1-2H3;1-2H3. The Kier molecular flexibility index (Phi) is 23.5. The van der Waals surface area contributed by atoms with Crippen LogP contribution >= 0.6 is 0 Å². The van der Waals surface area contributed by atoms with Crippen molar-refractivity contribution in [2.24, 2.45) is 5.92 Å². The predicted molar refractivity (Wildman–Crippen MR) is 184 cm³/mol. The number of rotatable bonds is 22. The van der Waals surface area contributed by atoms with E-state index in [4.69, 9.17) is 14.2 Å². The molecule has 0 aliphatic heterocycles. The molecule has 0 fully saturated rings. The highest BCUT2D eigenvalue weighted by molar-refractivity contribution is 5.96. The maximum absolute atomic E-state index is 11.7. The van der Waals surface area contributed by atoms with E-state index in [1.807, 2.05) is 84.1 Å². The number of Topliss-reactive ketones (excluding diaryl/α,β-unsaturated/α-hetero) is 4. The maximum Gasteiger partial charge on any atom is 0.207 e. The molecule has 1 atom stereocenters. The molecule has 0 aliphatic carbocycles. The topological polar surface area (TPSA) is 138 Å². The summed E-state index contributed by atoms with van der Waals surface area (Å²) in [6.07, 6.45) is 4.23. The van der Waals surface area contributed by atoms with Gasteiger partial charge in [0.2, 0.25) is 6.41 Å². The van der Waals surface area contributed by atoms with Gasteiger partial charge in [0, 0.05) is 61.0 Å². The molecule has 10 nitrogen and oxygen atoms in total. The van der Waals surface area contributed by atoms with Crippen molar-refractivity contribution in [3.8, 4) is 11.1 Å². The molecule has 1 aromatic heterocycles. The second-order valence-corrected chi connectivity index (χ2v) is 11.2. The van der Waals surface area contributed by atoms with Gasteiger partial charge in [-0.05, 0) is 25.5 Å². The van der Waals surface area contributed by atoms with Gasteiger partial charge in [0.15, 0.2) is 5.78 Å². The second kappa shape index (κ2) is 25.5. The van der Waals surface area contributed by atoms with E-state index in [1.165, 1.54) is 6.92 Å². The number of carbonyl (C=O) groups excluding carboxylic acids is 5. The maximum atomic E-state index is 11.7. The van der Waals surface area contributed by atoms with Gasteiger partial charge >= 0.3 is 0 Å². The van der Waals surface area contributed by atoms with Crippen molar-refractivity contribution in [3.63, 3.8) is 0 Å². The lowest BCUT2D eigenvalue weighted by molar-refractivity contribution is -0.124. The zero-order valence-electron chi connectivity index (χ0n) is 29.7. The molecule has 0 aliphatic rings.